The van der Waals surface area contributed by atoms with Gasteiger partial charge in [0.15, 0.2) is 0 Å². The zero-order valence-corrected chi connectivity index (χ0v) is 11.2. The second-order valence-corrected chi connectivity index (χ2v) is 5.18. The van der Waals surface area contributed by atoms with Crippen LogP contribution in [0.2, 0.25) is 0 Å². The summed E-state index contributed by atoms with van der Waals surface area (Å²) in [5, 5.41) is 2.34. The Morgan fingerprint density at radius 1 is 1.30 bits per heavy atom. The molecule has 1 aromatic carbocycles. The van der Waals surface area contributed by atoms with E-state index < -0.39 is 11.5 Å². The number of hydrogen-bond acceptors (Lipinski definition) is 4. The van der Waals surface area contributed by atoms with Crippen LogP contribution in [-0.4, -0.2) is 42.5 Å². The van der Waals surface area contributed by atoms with Crippen LogP contribution in [0.1, 0.15) is 21.5 Å². The first-order chi connectivity index (χ1) is 9.48. The SMILES string of the molecule is COC(=O)c1ccc2c(c1)C[C@]1(C2)C(=O)NC(=O)N1C. The van der Waals surface area contributed by atoms with Crippen LogP contribution in [0.25, 0.3) is 0 Å². The van der Waals surface area contributed by atoms with Crippen LogP contribution in [0, 0.1) is 0 Å². The lowest BCUT2D eigenvalue weighted by Gasteiger charge is -2.27. The van der Waals surface area contributed by atoms with E-state index in [1.54, 1.807) is 19.2 Å². The Kier molecular flexibility index (Phi) is 2.57. The predicted molar refractivity (Wildman–Crippen MR) is 69.2 cm³/mol. The summed E-state index contributed by atoms with van der Waals surface area (Å²) in [5.41, 5.74) is 1.49. The molecule has 3 amide bonds. The summed E-state index contributed by atoms with van der Waals surface area (Å²) in [6.45, 7) is 0. The lowest BCUT2D eigenvalue weighted by Crippen LogP contribution is -2.48. The number of ether oxygens (including phenoxy) is 1. The molecule has 6 heteroatoms. The molecule has 0 bridgehead atoms. The van der Waals surface area contributed by atoms with Crippen molar-refractivity contribution in [2.75, 3.05) is 14.2 Å². The molecule has 1 aromatic rings. The van der Waals surface area contributed by atoms with E-state index >= 15 is 0 Å². The first-order valence-electron chi connectivity index (χ1n) is 6.27. The Balaban J connectivity index is 1.98. The number of amides is 3. The summed E-state index contributed by atoms with van der Waals surface area (Å²) in [6, 6.07) is 4.86. The molecule has 104 valence electrons. The molecule has 1 aliphatic carbocycles. The van der Waals surface area contributed by atoms with Crippen LogP contribution >= 0.6 is 0 Å². The van der Waals surface area contributed by atoms with E-state index in [2.05, 4.69) is 10.1 Å². The summed E-state index contributed by atoms with van der Waals surface area (Å²) in [7, 11) is 2.95. The third-order valence-electron chi connectivity index (χ3n) is 4.18. The molecule has 20 heavy (non-hydrogen) atoms. The third-order valence-corrected chi connectivity index (χ3v) is 4.18. The zero-order chi connectivity index (χ0) is 14.5. The van der Waals surface area contributed by atoms with Crippen LogP contribution in [-0.2, 0) is 22.4 Å². The van der Waals surface area contributed by atoms with Gasteiger partial charge in [-0.1, -0.05) is 6.07 Å². The van der Waals surface area contributed by atoms with Gasteiger partial charge < -0.3 is 9.64 Å². The maximum absolute atomic E-state index is 12.1. The number of hydrogen-bond donors (Lipinski definition) is 1. The minimum Gasteiger partial charge on any atom is -0.465 e. The van der Waals surface area contributed by atoms with Gasteiger partial charge in [0, 0.05) is 19.9 Å². The topological polar surface area (TPSA) is 75.7 Å². The van der Waals surface area contributed by atoms with Gasteiger partial charge in [-0.05, 0) is 23.3 Å². The smallest absolute Gasteiger partial charge is 0.337 e. The van der Waals surface area contributed by atoms with Crippen LogP contribution in [0.4, 0.5) is 4.79 Å². The Morgan fingerprint density at radius 3 is 2.60 bits per heavy atom. The molecular weight excluding hydrogens is 260 g/mol. The van der Waals surface area contributed by atoms with Crippen molar-refractivity contribution in [3.8, 4) is 0 Å². The zero-order valence-electron chi connectivity index (χ0n) is 11.2. The Bertz CT molecular complexity index is 640. The molecule has 1 fully saturated rings. The quantitative estimate of drug-likeness (QED) is 0.597. The highest BCUT2D eigenvalue weighted by molar-refractivity contribution is 6.07. The minimum absolute atomic E-state index is 0.277. The number of carbonyl (C=O) groups is 3. The molecule has 0 aromatic heterocycles. The predicted octanol–water partition coefficient (Wildman–Crippen LogP) is 0.492. The number of likely N-dealkylation sites (N-methyl/N-ethyl adjacent to an activating group) is 1. The second-order valence-electron chi connectivity index (χ2n) is 5.18. The lowest BCUT2D eigenvalue weighted by atomic mass is 9.95. The normalized spacial score (nSPS) is 24.0. The molecule has 0 radical (unpaired) electrons. The number of esters is 1. The number of rotatable bonds is 1. The molecule has 2 aliphatic rings. The standard InChI is InChI=1S/C14H14N2O4/c1-16-13(19)15-12(18)14(16)6-9-4-3-8(11(17)20-2)5-10(9)7-14/h3-5H,6-7H2,1-2H3,(H,15,18,19)/t14-/m1/s1. The fourth-order valence-corrected chi connectivity index (χ4v) is 2.94. The first kappa shape index (κ1) is 12.7. The molecular formula is C14H14N2O4. The second kappa shape index (κ2) is 4.06. The monoisotopic (exact) mass is 274 g/mol. The molecule has 3 rings (SSSR count). The van der Waals surface area contributed by atoms with E-state index in [-0.39, 0.29) is 11.9 Å². The molecule has 6 nitrogen and oxygen atoms in total. The van der Waals surface area contributed by atoms with E-state index in [1.807, 2.05) is 6.07 Å². The Labute approximate surface area is 115 Å². The molecule has 1 heterocycles. The summed E-state index contributed by atoms with van der Waals surface area (Å²) in [6.07, 6.45) is 0.888. The molecule has 0 unspecified atom stereocenters. The van der Waals surface area contributed by atoms with Crippen molar-refractivity contribution in [1.29, 1.82) is 0 Å². The number of carbonyl (C=O) groups excluding carboxylic acids is 3. The fourth-order valence-electron chi connectivity index (χ4n) is 2.94. The molecule has 1 aliphatic heterocycles. The molecule has 0 saturated carbocycles. The van der Waals surface area contributed by atoms with Crippen molar-refractivity contribution >= 4 is 17.9 Å². The molecule has 1 spiro atoms. The van der Waals surface area contributed by atoms with E-state index in [9.17, 15) is 14.4 Å². The number of nitrogens with zero attached hydrogens (tertiary/aromatic N) is 1. The minimum atomic E-state index is -0.853. The highest BCUT2D eigenvalue weighted by atomic mass is 16.5. The van der Waals surface area contributed by atoms with Crippen molar-refractivity contribution in [1.82, 2.24) is 10.2 Å². The Morgan fingerprint density at radius 2 is 2.00 bits per heavy atom. The maximum Gasteiger partial charge on any atom is 0.337 e. The molecule has 1 saturated heterocycles. The van der Waals surface area contributed by atoms with Crippen LogP contribution in [0.15, 0.2) is 18.2 Å². The number of benzene rings is 1. The van der Waals surface area contributed by atoms with Crippen LogP contribution in [0.5, 0.6) is 0 Å². The van der Waals surface area contributed by atoms with Gasteiger partial charge in [-0.25, -0.2) is 9.59 Å². The van der Waals surface area contributed by atoms with Crippen molar-refractivity contribution in [3.05, 3.63) is 34.9 Å². The number of methoxy groups -OCH3 is 1. The number of nitrogens with one attached hydrogen (secondary N) is 1. The van der Waals surface area contributed by atoms with Gasteiger partial charge in [-0.3, -0.25) is 10.1 Å². The van der Waals surface area contributed by atoms with Gasteiger partial charge in [-0.15, -0.1) is 0 Å². The van der Waals surface area contributed by atoms with Gasteiger partial charge >= 0.3 is 12.0 Å². The molecule has 1 N–H and O–H groups in total. The largest absolute Gasteiger partial charge is 0.465 e. The number of fused-ring (bicyclic) bond motifs is 1. The highest BCUT2D eigenvalue weighted by Gasteiger charge is 2.54. The third kappa shape index (κ3) is 1.54. The number of imide groups is 1. The van der Waals surface area contributed by atoms with Gasteiger partial charge in [0.2, 0.25) is 0 Å². The summed E-state index contributed by atoms with van der Waals surface area (Å²) in [5.74, 6) is -0.685. The molecule has 1 atom stereocenters. The summed E-state index contributed by atoms with van der Waals surface area (Å²) >= 11 is 0. The van der Waals surface area contributed by atoms with E-state index in [0.29, 0.717) is 18.4 Å². The van der Waals surface area contributed by atoms with Gasteiger partial charge in [0.05, 0.1) is 12.7 Å². The maximum atomic E-state index is 12.1. The van der Waals surface area contributed by atoms with Crippen LogP contribution < -0.4 is 5.32 Å². The summed E-state index contributed by atoms with van der Waals surface area (Å²) in [4.78, 5) is 36.7. The van der Waals surface area contributed by atoms with Gasteiger partial charge in [0.25, 0.3) is 5.91 Å². The van der Waals surface area contributed by atoms with E-state index in [4.69, 9.17) is 0 Å². The lowest BCUT2D eigenvalue weighted by molar-refractivity contribution is -0.125. The van der Waals surface area contributed by atoms with Crippen molar-refractivity contribution in [2.45, 2.75) is 18.4 Å². The highest BCUT2D eigenvalue weighted by Crippen LogP contribution is 2.37. The van der Waals surface area contributed by atoms with Crippen molar-refractivity contribution in [2.24, 2.45) is 0 Å². The average molecular weight is 274 g/mol. The Hall–Kier alpha value is -2.37. The average Bonchev–Trinajstić information content (AvgIpc) is 2.92. The number of urea groups is 1. The van der Waals surface area contributed by atoms with Crippen LogP contribution in [0.3, 0.4) is 0 Å². The van der Waals surface area contributed by atoms with E-state index in [0.717, 1.165) is 11.1 Å². The van der Waals surface area contributed by atoms with Gasteiger partial charge in [0.1, 0.15) is 5.54 Å². The van der Waals surface area contributed by atoms with E-state index in [1.165, 1.54) is 12.0 Å². The fraction of sp³-hybridized carbons (Fsp3) is 0.357. The van der Waals surface area contributed by atoms with Gasteiger partial charge in [-0.2, -0.15) is 0 Å². The summed E-state index contributed by atoms with van der Waals surface area (Å²) < 4.78 is 4.69. The van der Waals surface area contributed by atoms with Crippen molar-refractivity contribution < 1.29 is 19.1 Å². The first-order valence-corrected chi connectivity index (χ1v) is 6.27. The van der Waals surface area contributed by atoms with Crippen molar-refractivity contribution in [3.63, 3.8) is 0 Å².